The van der Waals surface area contributed by atoms with Gasteiger partial charge in [0.15, 0.2) is 5.69 Å². The summed E-state index contributed by atoms with van der Waals surface area (Å²) in [4.78, 5) is 43.2. The summed E-state index contributed by atoms with van der Waals surface area (Å²) < 4.78 is 23.2. The molecule has 2 aromatic carbocycles. The minimum Gasteiger partial charge on any atom is -0.395 e. The van der Waals surface area contributed by atoms with E-state index in [9.17, 15) is 18.8 Å². The van der Waals surface area contributed by atoms with Gasteiger partial charge in [-0.05, 0) is 52.8 Å². The summed E-state index contributed by atoms with van der Waals surface area (Å²) in [7, 11) is 0. The van der Waals surface area contributed by atoms with E-state index in [0.717, 1.165) is 30.2 Å². The Kier molecular flexibility index (Phi) is 9.46. The normalized spacial score (nSPS) is 14.6. The number of hydrogen-bond donors (Lipinski definition) is 3. The Morgan fingerprint density at radius 2 is 1.70 bits per heavy atom. The Morgan fingerprint density at radius 3 is 2.27 bits per heavy atom. The number of carbonyl (C=O) groups excluding carboxylic acids is 3. The highest BCUT2D eigenvalue weighted by Crippen LogP contribution is 2.34. The molecule has 40 heavy (non-hydrogen) atoms. The number of ether oxygens (including phenoxy) is 1. The number of rotatable bonds is 10. The Hall–Kier alpha value is -3.87. The number of nitrogens with one attached hydrogen (secondary N) is 1. The highest BCUT2D eigenvalue weighted by Gasteiger charge is 2.36. The molecule has 10 nitrogen and oxygen atoms in total. The maximum absolute atomic E-state index is 14.1. The molecule has 1 aliphatic rings. The highest BCUT2D eigenvalue weighted by atomic mass is 32.1. The third-order valence-corrected chi connectivity index (χ3v) is 7.59. The van der Waals surface area contributed by atoms with Crippen LogP contribution < -0.4 is 21.7 Å². The van der Waals surface area contributed by atoms with Crippen molar-refractivity contribution in [3.8, 4) is 0 Å². The van der Waals surface area contributed by atoms with Gasteiger partial charge in [0, 0.05) is 31.9 Å². The van der Waals surface area contributed by atoms with E-state index in [2.05, 4.69) is 14.6 Å². The quantitative estimate of drug-likeness (QED) is 0.341. The molecule has 0 spiro atoms. The number of nitrogens with zero attached hydrogens (tertiary/aromatic N) is 3. The first kappa shape index (κ1) is 29.1. The van der Waals surface area contributed by atoms with Gasteiger partial charge >= 0.3 is 0 Å². The van der Waals surface area contributed by atoms with Gasteiger partial charge in [-0.2, -0.15) is 4.37 Å². The molecule has 1 atom stereocenters. The van der Waals surface area contributed by atoms with Crippen molar-refractivity contribution in [1.29, 1.82) is 0 Å². The third kappa shape index (κ3) is 6.64. The van der Waals surface area contributed by atoms with E-state index in [1.54, 1.807) is 12.1 Å². The van der Waals surface area contributed by atoms with Crippen molar-refractivity contribution in [2.24, 2.45) is 5.73 Å². The summed E-state index contributed by atoms with van der Waals surface area (Å²) in [6.07, 6.45) is 0. The van der Waals surface area contributed by atoms with Gasteiger partial charge < -0.3 is 21.5 Å². The van der Waals surface area contributed by atoms with Crippen molar-refractivity contribution in [2.75, 3.05) is 50.0 Å². The molecule has 1 aromatic heterocycles. The minimum atomic E-state index is -1.18. The molecule has 212 valence electrons. The van der Waals surface area contributed by atoms with Crippen LogP contribution in [0.1, 0.15) is 57.1 Å². The van der Waals surface area contributed by atoms with Gasteiger partial charge in [-0.25, -0.2) is 4.39 Å². The van der Waals surface area contributed by atoms with Crippen molar-refractivity contribution >= 4 is 40.6 Å². The Labute approximate surface area is 236 Å². The maximum atomic E-state index is 14.1. The number of amides is 3. The lowest BCUT2D eigenvalue weighted by Gasteiger charge is -2.32. The molecule has 0 saturated carbocycles. The van der Waals surface area contributed by atoms with Crippen molar-refractivity contribution in [3.05, 3.63) is 76.0 Å². The summed E-state index contributed by atoms with van der Waals surface area (Å²) in [5.41, 5.74) is 13.0. The fourth-order valence-corrected chi connectivity index (χ4v) is 5.21. The fourth-order valence-electron chi connectivity index (χ4n) is 4.46. The van der Waals surface area contributed by atoms with Crippen LogP contribution in [0.5, 0.6) is 0 Å². The summed E-state index contributed by atoms with van der Waals surface area (Å²) in [5, 5.41) is 2.94. The number of aromatic nitrogens is 1. The van der Waals surface area contributed by atoms with Crippen LogP contribution in [0.3, 0.4) is 0 Å². The van der Waals surface area contributed by atoms with Gasteiger partial charge in [0.25, 0.3) is 11.8 Å². The van der Waals surface area contributed by atoms with Crippen LogP contribution in [-0.4, -0.2) is 66.4 Å². The molecule has 12 heteroatoms. The number of benzene rings is 2. The van der Waals surface area contributed by atoms with Crippen LogP contribution in [0.4, 0.5) is 15.8 Å². The van der Waals surface area contributed by atoms with Crippen LogP contribution in [0, 0.1) is 5.82 Å². The summed E-state index contributed by atoms with van der Waals surface area (Å²) in [6.45, 7) is 7.81. The molecule has 3 aromatic rings. The van der Waals surface area contributed by atoms with Crippen molar-refractivity contribution < 1.29 is 23.5 Å². The van der Waals surface area contributed by atoms with Gasteiger partial charge in [-0.3, -0.25) is 24.2 Å². The third-order valence-electron chi connectivity index (χ3n) is 6.74. The number of hydrogen-bond acceptors (Lipinski definition) is 8. The van der Waals surface area contributed by atoms with Crippen molar-refractivity contribution in [3.63, 3.8) is 0 Å². The topological polar surface area (TPSA) is 144 Å². The predicted molar refractivity (Wildman–Crippen MR) is 152 cm³/mol. The SMILES string of the molecule is CC(C)c1ccc(N(C(=O)c2snc(C(N)=O)c2N)C(C(=O)NCCN2CCOCC2)c2ccc(F)cc2)cc1. The van der Waals surface area contributed by atoms with Crippen molar-refractivity contribution in [1.82, 2.24) is 14.6 Å². The zero-order valence-corrected chi connectivity index (χ0v) is 23.2. The first-order chi connectivity index (χ1) is 19.2. The number of morpholine rings is 1. The van der Waals surface area contributed by atoms with Gasteiger partial charge in [-0.1, -0.05) is 38.1 Å². The number of nitrogens with two attached hydrogens (primary N) is 2. The largest absolute Gasteiger partial charge is 0.395 e. The zero-order chi connectivity index (χ0) is 28.8. The van der Waals surface area contributed by atoms with Crippen molar-refractivity contribution in [2.45, 2.75) is 25.8 Å². The lowest BCUT2D eigenvalue weighted by Crippen LogP contribution is -2.46. The van der Waals surface area contributed by atoms with Crippen LogP contribution in [0.2, 0.25) is 0 Å². The fraction of sp³-hybridized carbons (Fsp3) is 0.357. The Balaban J connectivity index is 1.75. The monoisotopic (exact) mass is 568 g/mol. The standard InChI is InChI=1S/C28H33FN6O4S/c1-17(2)18-5-9-21(10-6-18)35(28(38)25-22(30)23(26(31)36)33-40-25)24(19-3-7-20(29)8-4-19)27(37)32-11-12-34-13-15-39-16-14-34/h3-10,17,24H,11-16,30H2,1-2H3,(H2,31,36)(H,32,37). The van der Waals surface area contributed by atoms with E-state index < -0.39 is 29.6 Å². The van der Waals surface area contributed by atoms with E-state index in [4.69, 9.17) is 16.2 Å². The smallest absolute Gasteiger partial charge is 0.273 e. The second-order valence-electron chi connectivity index (χ2n) is 9.76. The Morgan fingerprint density at radius 1 is 1.07 bits per heavy atom. The van der Waals surface area contributed by atoms with Gasteiger partial charge in [0.1, 0.15) is 16.7 Å². The van der Waals surface area contributed by atoms with E-state index >= 15 is 0 Å². The van der Waals surface area contributed by atoms with Crippen LogP contribution in [-0.2, 0) is 9.53 Å². The number of anilines is 2. The second kappa shape index (κ2) is 13.0. The lowest BCUT2D eigenvalue weighted by molar-refractivity contribution is -0.122. The molecular weight excluding hydrogens is 535 g/mol. The molecule has 5 N–H and O–H groups in total. The molecule has 3 amide bonds. The van der Waals surface area contributed by atoms with E-state index in [0.29, 0.717) is 37.6 Å². The zero-order valence-electron chi connectivity index (χ0n) is 22.4. The maximum Gasteiger partial charge on any atom is 0.273 e. The van der Waals surface area contributed by atoms with Gasteiger partial charge in [0.05, 0.1) is 18.9 Å². The van der Waals surface area contributed by atoms with Crippen LogP contribution in [0.25, 0.3) is 0 Å². The van der Waals surface area contributed by atoms with E-state index in [1.165, 1.54) is 29.2 Å². The summed E-state index contributed by atoms with van der Waals surface area (Å²) in [5.74, 6) is -2.20. The number of primary amides is 1. The van der Waals surface area contributed by atoms with E-state index in [1.807, 2.05) is 26.0 Å². The first-order valence-electron chi connectivity index (χ1n) is 13.0. The molecule has 1 aliphatic heterocycles. The second-order valence-corrected chi connectivity index (χ2v) is 10.5. The lowest BCUT2D eigenvalue weighted by atomic mass is 10.00. The summed E-state index contributed by atoms with van der Waals surface area (Å²) in [6, 6.07) is 11.5. The molecule has 2 heterocycles. The average Bonchev–Trinajstić information content (AvgIpc) is 3.34. The molecule has 1 unspecified atom stereocenters. The molecule has 0 radical (unpaired) electrons. The average molecular weight is 569 g/mol. The van der Waals surface area contributed by atoms with Crippen LogP contribution >= 0.6 is 11.5 Å². The highest BCUT2D eigenvalue weighted by molar-refractivity contribution is 7.09. The summed E-state index contributed by atoms with van der Waals surface area (Å²) >= 11 is 0.730. The predicted octanol–water partition coefficient (Wildman–Crippen LogP) is 2.92. The molecule has 1 fully saturated rings. The number of carbonyl (C=O) groups is 3. The van der Waals surface area contributed by atoms with Gasteiger partial charge in [-0.15, -0.1) is 0 Å². The first-order valence-corrected chi connectivity index (χ1v) is 13.8. The minimum absolute atomic E-state index is 0.0324. The molecule has 0 aliphatic carbocycles. The van der Waals surface area contributed by atoms with Gasteiger partial charge in [0.2, 0.25) is 5.91 Å². The Bertz CT molecular complexity index is 1340. The molecular formula is C28H33FN6O4S. The van der Waals surface area contributed by atoms with E-state index in [-0.39, 0.29) is 22.2 Å². The molecule has 4 rings (SSSR count). The number of halogens is 1. The number of nitrogen functional groups attached to an aromatic ring is 1. The van der Waals surface area contributed by atoms with Crippen LogP contribution in [0.15, 0.2) is 48.5 Å². The molecule has 0 bridgehead atoms. The molecule has 1 saturated heterocycles.